The Balaban J connectivity index is 1.83. The maximum atomic E-state index is 6.25. The summed E-state index contributed by atoms with van der Waals surface area (Å²) < 4.78 is 5.16. The summed E-state index contributed by atoms with van der Waals surface area (Å²) in [5, 5.41) is 7.27. The quantitative estimate of drug-likeness (QED) is 0.623. The van der Waals surface area contributed by atoms with Crippen LogP contribution in [0.3, 0.4) is 0 Å². The molecule has 0 radical (unpaired) electrons. The van der Waals surface area contributed by atoms with Crippen LogP contribution in [0.4, 0.5) is 0 Å². The third-order valence-electron chi connectivity index (χ3n) is 3.71. The van der Waals surface area contributed by atoms with Crippen molar-refractivity contribution in [3.63, 3.8) is 0 Å². The van der Waals surface area contributed by atoms with Gasteiger partial charge in [0.25, 0.3) is 0 Å². The minimum Gasteiger partial charge on any atom is -0.497 e. The molecular weight excluding hydrogens is 324 g/mol. The van der Waals surface area contributed by atoms with Gasteiger partial charge in [-0.15, -0.1) is 0 Å². The van der Waals surface area contributed by atoms with Crippen LogP contribution in [0.25, 0.3) is 0 Å². The minimum atomic E-state index is 0.635. The molecule has 0 aliphatic carbocycles. The molecule has 128 valence electrons. The van der Waals surface area contributed by atoms with Gasteiger partial charge in [-0.25, -0.2) is 0 Å². The van der Waals surface area contributed by atoms with Crippen molar-refractivity contribution < 1.29 is 4.74 Å². The Morgan fingerprint density at radius 3 is 2.79 bits per heavy atom. The topological polar surface area (TPSA) is 58.5 Å². The lowest BCUT2D eigenvalue weighted by Crippen LogP contribution is -2.38. The number of aryl methyl sites for hydroxylation is 1. The molecule has 1 aromatic heterocycles. The van der Waals surface area contributed by atoms with Gasteiger partial charge in [-0.2, -0.15) is 0 Å². The van der Waals surface area contributed by atoms with Gasteiger partial charge in [0.1, 0.15) is 5.75 Å². The third kappa shape index (κ3) is 5.13. The number of benzene rings is 1. The molecule has 2 N–H and O–H groups in total. The predicted octanol–water partition coefficient (Wildman–Crippen LogP) is 2.96. The molecular formula is C18H23ClN4O. The molecule has 1 aromatic carbocycles. The first-order valence-corrected chi connectivity index (χ1v) is 8.19. The molecule has 5 nitrogen and oxygen atoms in total. The molecule has 0 saturated carbocycles. The predicted molar refractivity (Wildman–Crippen MR) is 98.9 cm³/mol. The standard InChI is InChI=1S/C18H23ClN4O/c1-13-5-4-9-21-17(13)12-23-18(20-2)22-10-8-14-6-7-15(24-3)11-16(14)19/h4-7,9,11H,8,10,12H2,1-3H3,(H2,20,22,23). The molecule has 0 spiro atoms. The van der Waals surface area contributed by atoms with Crippen LogP contribution in [0.2, 0.25) is 5.02 Å². The average molecular weight is 347 g/mol. The highest BCUT2D eigenvalue weighted by Gasteiger charge is 2.04. The number of nitrogens with one attached hydrogen (secondary N) is 2. The summed E-state index contributed by atoms with van der Waals surface area (Å²) >= 11 is 6.25. The van der Waals surface area contributed by atoms with Crippen LogP contribution in [0, 0.1) is 6.92 Å². The summed E-state index contributed by atoms with van der Waals surface area (Å²) in [5.41, 5.74) is 3.24. The fraction of sp³-hybridized carbons (Fsp3) is 0.333. The summed E-state index contributed by atoms with van der Waals surface area (Å²) in [4.78, 5) is 8.59. The summed E-state index contributed by atoms with van der Waals surface area (Å²) in [6.45, 7) is 3.41. The van der Waals surface area contributed by atoms with Crippen LogP contribution in [0.5, 0.6) is 5.75 Å². The summed E-state index contributed by atoms with van der Waals surface area (Å²) in [7, 11) is 3.38. The second kappa shape index (κ2) is 9.13. The Morgan fingerprint density at radius 2 is 2.12 bits per heavy atom. The van der Waals surface area contributed by atoms with Crippen LogP contribution in [-0.2, 0) is 13.0 Å². The molecule has 0 saturated heterocycles. The first-order valence-electron chi connectivity index (χ1n) is 7.81. The van der Waals surface area contributed by atoms with Crippen molar-refractivity contribution in [2.24, 2.45) is 4.99 Å². The lowest BCUT2D eigenvalue weighted by atomic mass is 10.1. The van der Waals surface area contributed by atoms with Crippen LogP contribution in [0.15, 0.2) is 41.5 Å². The molecule has 0 aliphatic rings. The highest BCUT2D eigenvalue weighted by molar-refractivity contribution is 6.31. The molecule has 24 heavy (non-hydrogen) atoms. The van der Waals surface area contributed by atoms with Crippen molar-refractivity contribution in [2.75, 3.05) is 20.7 Å². The molecule has 0 aliphatic heterocycles. The number of pyridine rings is 1. The summed E-state index contributed by atoms with van der Waals surface area (Å²) in [5.74, 6) is 1.50. The largest absolute Gasteiger partial charge is 0.497 e. The van der Waals surface area contributed by atoms with E-state index in [-0.39, 0.29) is 0 Å². The average Bonchev–Trinajstić information content (AvgIpc) is 2.60. The van der Waals surface area contributed by atoms with Crippen LogP contribution < -0.4 is 15.4 Å². The van der Waals surface area contributed by atoms with Crippen LogP contribution >= 0.6 is 11.6 Å². The van der Waals surface area contributed by atoms with E-state index in [9.17, 15) is 0 Å². The van der Waals surface area contributed by atoms with E-state index in [1.54, 1.807) is 20.4 Å². The lowest BCUT2D eigenvalue weighted by molar-refractivity contribution is 0.414. The van der Waals surface area contributed by atoms with E-state index in [0.29, 0.717) is 11.6 Å². The molecule has 6 heteroatoms. The van der Waals surface area contributed by atoms with Crippen molar-refractivity contribution in [1.82, 2.24) is 15.6 Å². The smallest absolute Gasteiger partial charge is 0.191 e. The number of nitrogens with zero attached hydrogens (tertiary/aromatic N) is 2. The van der Waals surface area contributed by atoms with E-state index in [4.69, 9.17) is 16.3 Å². The number of ether oxygens (including phenoxy) is 1. The fourth-order valence-corrected chi connectivity index (χ4v) is 2.53. The second-order valence-corrected chi connectivity index (χ2v) is 5.73. The summed E-state index contributed by atoms with van der Waals surface area (Å²) in [6, 6.07) is 9.71. The van der Waals surface area contributed by atoms with Crippen molar-refractivity contribution in [3.8, 4) is 5.75 Å². The highest BCUT2D eigenvalue weighted by Crippen LogP contribution is 2.22. The monoisotopic (exact) mass is 346 g/mol. The number of methoxy groups -OCH3 is 1. The van der Waals surface area contributed by atoms with E-state index >= 15 is 0 Å². The van der Waals surface area contributed by atoms with Crippen LogP contribution in [0.1, 0.15) is 16.8 Å². The first kappa shape index (κ1) is 18.1. The van der Waals surface area contributed by atoms with Crippen LogP contribution in [-0.4, -0.2) is 31.6 Å². The summed E-state index contributed by atoms with van der Waals surface area (Å²) in [6.07, 6.45) is 2.60. The number of hydrogen-bond acceptors (Lipinski definition) is 3. The Morgan fingerprint density at radius 1 is 1.29 bits per heavy atom. The number of aromatic nitrogens is 1. The van der Waals surface area contributed by atoms with Crippen molar-refractivity contribution >= 4 is 17.6 Å². The minimum absolute atomic E-state index is 0.635. The van der Waals surface area contributed by atoms with E-state index in [0.717, 1.165) is 41.5 Å². The van der Waals surface area contributed by atoms with E-state index in [2.05, 4.69) is 20.6 Å². The van der Waals surface area contributed by atoms with Gasteiger partial charge < -0.3 is 15.4 Å². The van der Waals surface area contributed by atoms with Crippen molar-refractivity contribution in [3.05, 3.63) is 58.4 Å². The Kier molecular flexibility index (Phi) is 6.88. The first-order chi connectivity index (χ1) is 11.6. The Hall–Kier alpha value is -2.27. The van der Waals surface area contributed by atoms with Gasteiger partial charge in [0.15, 0.2) is 5.96 Å². The number of halogens is 1. The van der Waals surface area contributed by atoms with Gasteiger partial charge in [0.05, 0.1) is 19.3 Å². The zero-order valence-corrected chi connectivity index (χ0v) is 15.0. The maximum Gasteiger partial charge on any atom is 0.191 e. The fourth-order valence-electron chi connectivity index (χ4n) is 2.26. The van der Waals surface area contributed by atoms with Gasteiger partial charge in [0.2, 0.25) is 0 Å². The second-order valence-electron chi connectivity index (χ2n) is 5.33. The zero-order chi connectivity index (χ0) is 17.4. The molecule has 2 rings (SSSR count). The molecule has 0 amide bonds. The number of rotatable bonds is 6. The van der Waals surface area contributed by atoms with E-state index in [1.165, 1.54) is 0 Å². The SMILES string of the molecule is CN=C(NCCc1ccc(OC)cc1Cl)NCc1ncccc1C. The molecule has 2 aromatic rings. The van der Waals surface area contributed by atoms with Gasteiger partial charge in [-0.1, -0.05) is 23.7 Å². The molecule has 0 unspecified atom stereocenters. The maximum absolute atomic E-state index is 6.25. The highest BCUT2D eigenvalue weighted by atomic mass is 35.5. The van der Waals surface area contributed by atoms with Gasteiger partial charge in [0, 0.05) is 24.8 Å². The van der Waals surface area contributed by atoms with Crippen molar-refractivity contribution in [2.45, 2.75) is 19.9 Å². The van der Waals surface area contributed by atoms with E-state index in [1.807, 2.05) is 37.3 Å². The Bertz CT molecular complexity index is 703. The van der Waals surface area contributed by atoms with Gasteiger partial charge in [-0.05, 0) is 42.7 Å². The lowest BCUT2D eigenvalue weighted by Gasteiger charge is -2.13. The molecule has 0 fully saturated rings. The molecule has 1 heterocycles. The zero-order valence-electron chi connectivity index (χ0n) is 14.3. The van der Waals surface area contributed by atoms with E-state index < -0.39 is 0 Å². The molecule has 0 atom stereocenters. The number of hydrogen-bond donors (Lipinski definition) is 2. The Labute approximate surface area is 148 Å². The van der Waals surface area contributed by atoms with Crippen molar-refractivity contribution in [1.29, 1.82) is 0 Å². The third-order valence-corrected chi connectivity index (χ3v) is 4.06. The van der Waals surface area contributed by atoms with Gasteiger partial charge >= 0.3 is 0 Å². The normalized spacial score (nSPS) is 11.2. The molecule has 0 bridgehead atoms. The number of aliphatic imine (C=N–C) groups is 1. The van der Waals surface area contributed by atoms with Gasteiger partial charge in [-0.3, -0.25) is 9.98 Å². The number of guanidine groups is 1.